The Bertz CT molecular complexity index is 117. The number of alkyl halides is 2. The average molecular weight is 196 g/mol. The highest BCUT2D eigenvalue weighted by atomic mass is 35.5. The van der Waals surface area contributed by atoms with Crippen LogP contribution >= 0.6 is 23.2 Å². The van der Waals surface area contributed by atoms with E-state index in [9.17, 15) is 0 Å². The molecule has 0 aromatic rings. The summed E-state index contributed by atoms with van der Waals surface area (Å²) < 4.78 is 0. The van der Waals surface area contributed by atoms with Crippen LogP contribution in [-0.4, -0.2) is 21.9 Å². The maximum Gasteiger partial charge on any atom is 0.161 e. The topological polar surface area (TPSA) is 3.24 Å². The summed E-state index contributed by atoms with van der Waals surface area (Å²) in [6.45, 7) is 4.38. The lowest BCUT2D eigenvalue weighted by atomic mass is 9.99. The molecule has 0 N–H and O–H groups in total. The van der Waals surface area contributed by atoms with Crippen molar-refractivity contribution in [3.05, 3.63) is 0 Å². The van der Waals surface area contributed by atoms with E-state index in [-0.39, 0.29) is 4.96 Å². The molecule has 0 radical (unpaired) electrons. The number of piperidine rings is 1. The summed E-state index contributed by atoms with van der Waals surface area (Å²) in [6.07, 6.45) is 3.75. The minimum absolute atomic E-state index is 0.333. The van der Waals surface area contributed by atoms with Crippen molar-refractivity contribution in [1.82, 2.24) is 4.90 Å². The molecule has 3 heteroatoms. The van der Waals surface area contributed by atoms with E-state index in [1.807, 2.05) is 0 Å². The van der Waals surface area contributed by atoms with Gasteiger partial charge in [0.15, 0.2) is 4.96 Å². The molecule has 11 heavy (non-hydrogen) atoms. The number of halogens is 2. The van der Waals surface area contributed by atoms with Crippen molar-refractivity contribution in [2.75, 3.05) is 0 Å². The van der Waals surface area contributed by atoms with Crippen LogP contribution in [0.15, 0.2) is 0 Å². The van der Waals surface area contributed by atoms with Crippen LogP contribution in [0.1, 0.15) is 33.1 Å². The first-order valence-electron chi connectivity index (χ1n) is 4.18. The van der Waals surface area contributed by atoms with E-state index in [0.29, 0.717) is 12.1 Å². The number of rotatable bonds is 1. The molecule has 0 aromatic carbocycles. The summed E-state index contributed by atoms with van der Waals surface area (Å²) in [5.41, 5.74) is 0. The van der Waals surface area contributed by atoms with Gasteiger partial charge in [-0.25, -0.2) is 0 Å². The summed E-state index contributed by atoms with van der Waals surface area (Å²) >= 11 is 11.7. The third-order valence-electron chi connectivity index (χ3n) is 2.49. The predicted octanol–water partition coefficient (Wildman–Crippen LogP) is 3.01. The third kappa shape index (κ3) is 2.24. The molecule has 1 fully saturated rings. The van der Waals surface area contributed by atoms with E-state index >= 15 is 0 Å². The maximum absolute atomic E-state index is 5.84. The molecule has 0 unspecified atom stereocenters. The van der Waals surface area contributed by atoms with E-state index in [2.05, 4.69) is 18.7 Å². The lowest BCUT2D eigenvalue weighted by Crippen LogP contribution is -2.45. The summed E-state index contributed by atoms with van der Waals surface area (Å²) in [6, 6.07) is 1.08. The van der Waals surface area contributed by atoms with Gasteiger partial charge in [-0.15, -0.1) is 0 Å². The molecule has 2 atom stereocenters. The van der Waals surface area contributed by atoms with E-state index in [1.165, 1.54) is 19.3 Å². The fourth-order valence-corrected chi connectivity index (χ4v) is 2.60. The molecule has 66 valence electrons. The molecular formula is C8H15Cl2N. The highest BCUT2D eigenvalue weighted by Gasteiger charge is 2.28. The van der Waals surface area contributed by atoms with Gasteiger partial charge in [0.2, 0.25) is 0 Å². The highest BCUT2D eigenvalue weighted by Crippen LogP contribution is 2.27. The van der Waals surface area contributed by atoms with Crippen LogP contribution in [0.3, 0.4) is 0 Å². The van der Waals surface area contributed by atoms with E-state index in [0.717, 1.165) is 0 Å². The van der Waals surface area contributed by atoms with E-state index in [1.54, 1.807) is 0 Å². The number of hydrogen-bond donors (Lipinski definition) is 0. The standard InChI is InChI=1S/C8H15Cl2N/c1-6-4-3-5-7(2)11(6)8(9)10/h6-8H,3-5H2,1-2H3/t6-,7+. The zero-order valence-corrected chi connectivity index (χ0v) is 8.57. The van der Waals surface area contributed by atoms with Crippen molar-refractivity contribution >= 4 is 23.2 Å². The zero-order chi connectivity index (χ0) is 8.43. The Hall–Kier alpha value is 0.540. The van der Waals surface area contributed by atoms with Crippen molar-refractivity contribution < 1.29 is 0 Å². The summed E-state index contributed by atoms with van der Waals surface area (Å²) in [7, 11) is 0. The van der Waals surface area contributed by atoms with Crippen molar-refractivity contribution in [1.29, 1.82) is 0 Å². The van der Waals surface area contributed by atoms with Crippen LogP contribution in [0.5, 0.6) is 0 Å². The quantitative estimate of drug-likeness (QED) is 0.460. The van der Waals surface area contributed by atoms with Crippen molar-refractivity contribution in [2.24, 2.45) is 0 Å². The average Bonchev–Trinajstić information content (AvgIpc) is 1.85. The Kier molecular flexibility index (Phi) is 3.48. The molecule has 0 spiro atoms. The van der Waals surface area contributed by atoms with Gasteiger partial charge in [-0.2, -0.15) is 0 Å². The Morgan fingerprint density at radius 2 is 1.64 bits per heavy atom. The van der Waals surface area contributed by atoms with Gasteiger partial charge in [0.1, 0.15) is 0 Å². The van der Waals surface area contributed by atoms with Gasteiger partial charge in [0, 0.05) is 12.1 Å². The molecule has 0 aliphatic carbocycles. The highest BCUT2D eigenvalue weighted by molar-refractivity contribution is 6.43. The van der Waals surface area contributed by atoms with Gasteiger partial charge in [-0.3, -0.25) is 4.90 Å². The molecule has 0 aromatic heterocycles. The molecule has 1 aliphatic rings. The number of hydrogen-bond acceptors (Lipinski definition) is 1. The van der Waals surface area contributed by atoms with Gasteiger partial charge in [0.05, 0.1) is 0 Å². The van der Waals surface area contributed by atoms with Crippen LogP contribution in [0, 0.1) is 0 Å². The Morgan fingerprint density at radius 3 is 1.91 bits per heavy atom. The smallest absolute Gasteiger partial charge is 0.161 e. The molecule has 1 heterocycles. The van der Waals surface area contributed by atoms with Gasteiger partial charge < -0.3 is 0 Å². The van der Waals surface area contributed by atoms with Gasteiger partial charge in [-0.05, 0) is 26.7 Å². The second-order valence-electron chi connectivity index (χ2n) is 3.35. The van der Waals surface area contributed by atoms with Crippen LogP contribution in [0.25, 0.3) is 0 Å². The molecule has 1 aliphatic heterocycles. The SMILES string of the molecule is C[C@@H]1CCC[C@H](C)N1C(Cl)Cl. The molecule has 1 nitrogen and oxygen atoms in total. The Labute approximate surface area is 78.7 Å². The largest absolute Gasteiger partial charge is 0.270 e. The first-order valence-corrected chi connectivity index (χ1v) is 5.06. The van der Waals surface area contributed by atoms with Crippen molar-refractivity contribution in [2.45, 2.75) is 50.2 Å². The Balaban J connectivity index is 2.55. The Morgan fingerprint density at radius 1 is 1.18 bits per heavy atom. The molecule has 0 amide bonds. The van der Waals surface area contributed by atoms with E-state index in [4.69, 9.17) is 23.2 Å². The zero-order valence-electron chi connectivity index (χ0n) is 7.06. The summed E-state index contributed by atoms with van der Waals surface area (Å²) in [4.78, 5) is 1.84. The van der Waals surface area contributed by atoms with Crippen molar-refractivity contribution in [3.63, 3.8) is 0 Å². The van der Waals surface area contributed by atoms with Crippen molar-refractivity contribution in [3.8, 4) is 0 Å². The monoisotopic (exact) mass is 195 g/mol. The van der Waals surface area contributed by atoms with Gasteiger partial charge in [0.25, 0.3) is 0 Å². The third-order valence-corrected chi connectivity index (χ3v) is 2.94. The molecular weight excluding hydrogens is 181 g/mol. The molecule has 1 saturated heterocycles. The molecule has 0 bridgehead atoms. The second kappa shape index (κ2) is 3.97. The summed E-state index contributed by atoms with van der Waals surface area (Å²) in [5, 5.41) is 0. The van der Waals surface area contributed by atoms with Gasteiger partial charge in [-0.1, -0.05) is 29.6 Å². The lowest BCUT2D eigenvalue weighted by molar-refractivity contribution is 0.114. The fraction of sp³-hybridized carbons (Fsp3) is 1.00. The summed E-state index contributed by atoms with van der Waals surface area (Å²) in [5.74, 6) is 0. The normalized spacial score (nSPS) is 34.6. The van der Waals surface area contributed by atoms with Crippen LogP contribution in [0.4, 0.5) is 0 Å². The van der Waals surface area contributed by atoms with Crippen LogP contribution < -0.4 is 0 Å². The number of nitrogens with zero attached hydrogens (tertiary/aromatic N) is 1. The van der Waals surface area contributed by atoms with E-state index < -0.39 is 0 Å². The fourth-order valence-electron chi connectivity index (χ4n) is 1.83. The lowest BCUT2D eigenvalue weighted by Gasteiger charge is -2.39. The molecule has 0 saturated carbocycles. The first kappa shape index (κ1) is 9.63. The van der Waals surface area contributed by atoms with Crippen LogP contribution in [0.2, 0.25) is 0 Å². The predicted molar refractivity (Wildman–Crippen MR) is 50.1 cm³/mol. The first-order chi connectivity index (χ1) is 5.13. The van der Waals surface area contributed by atoms with Crippen LogP contribution in [-0.2, 0) is 0 Å². The minimum Gasteiger partial charge on any atom is -0.270 e. The molecule has 1 rings (SSSR count). The minimum atomic E-state index is -0.333. The maximum atomic E-state index is 5.84. The number of likely N-dealkylation sites (tertiary alicyclic amines) is 1. The van der Waals surface area contributed by atoms with Gasteiger partial charge >= 0.3 is 0 Å². The second-order valence-corrected chi connectivity index (χ2v) is 4.40.